The third kappa shape index (κ3) is 3.17. The van der Waals surface area contributed by atoms with E-state index in [2.05, 4.69) is 25.9 Å². The second-order valence-electron chi connectivity index (χ2n) is 3.25. The maximum Gasteiger partial charge on any atom is 0.197 e. The molecule has 1 aromatic heterocycles. The molecule has 0 unspecified atom stereocenters. The Kier molecular flexibility index (Phi) is 3.58. The standard InChI is InChI=1S/C12H7BrF2N2/c13-12-16-6-5-10(17-12)3-1-8-7-9(14)2-4-11(8)15/h1-7H/b3-1+. The van der Waals surface area contributed by atoms with Gasteiger partial charge in [-0.15, -0.1) is 0 Å². The van der Waals surface area contributed by atoms with E-state index < -0.39 is 11.6 Å². The van der Waals surface area contributed by atoms with E-state index in [1.165, 1.54) is 6.08 Å². The van der Waals surface area contributed by atoms with Gasteiger partial charge in [0.25, 0.3) is 0 Å². The Morgan fingerprint density at radius 1 is 1.12 bits per heavy atom. The summed E-state index contributed by atoms with van der Waals surface area (Å²) in [6.07, 6.45) is 4.62. The summed E-state index contributed by atoms with van der Waals surface area (Å²) in [5, 5.41) is 0. The average molecular weight is 297 g/mol. The smallest absolute Gasteiger partial charge is 0.197 e. The minimum atomic E-state index is -0.477. The zero-order valence-electron chi connectivity index (χ0n) is 8.57. The van der Waals surface area contributed by atoms with Gasteiger partial charge in [-0.3, -0.25) is 0 Å². The summed E-state index contributed by atoms with van der Waals surface area (Å²) >= 11 is 3.12. The molecule has 0 amide bonds. The highest BCUT2D eigenvalue weighted by Gasteiger charge is 2.00. The predicted octanol–water partition coefficient (Wildman–Crippen LogP) is 3.69. The van der Waals surface area contributed by atoms with Gasteiger partial charge in [0.1, 0.15) is 11.6 Å². The van der Waals surface area contributed by atoms with Crippen molar-refractivity contribution in [3.63, 3.8) is 0 Å². The lowest BCUT2D eigenvalue weighted by Crippen LogP contribution is -1.86. The Morgan fingerprint density at radius 2 is 1.94 bits per heavy atom. The first-order chi connectivity index (χ1) is 8.15. The third-order valence-corrected chi connectivity index (χ3v) is 2.42. The fraction of sp³-hybridized carbons (Fsp3) is 0. The van der Waals surface area contributed by atoms with E-state index in [1.807, 2.05) is 0 Å². The number of aromatic nitrogens is 2. The Morgan fingerprint density at radius 3 is 2.71 bits per heavy atom. The van der Waals surface area contributed by atoms with E-state index in [4.69, 9.17) is 0 Å². The Hall–Kier alpha value is -1.62. The highest BCUT2D eigenvalue weighted by Crippen LogP contribution is 2.13. The molecule has 2 rings (SSSR count). The van der Waals surface area contributed by atoms with E-state index in [-0.39, 0.29) is 5.56 Å². The van der Waals surface area contributed by atoms with Crippen molar-refractivity contribution in [1.29, 1.82) is 0 Å². The first kappa shape index (κ1) is 11.9. The molecule has 0 saturated heterocycles. The van der Waals surface area contributed by atoms with Gasteiger partial charge in [0.2, 0.25) is 0 Å². The average Bonchev–Trinajstić information content (AvgIpc) is 2.30. The van der Waals surface area contributed by atoms with Crippen LogP contribution in [0.1, 0.15) is 11.3 Å². The number of benzene rings is 1. The molecule has 0 N–H and O–H groups in total. The van der Waals surface area contributed by atoms with Crippen LogP contribution >= 0.6 is 15.9 Å². The lowest BCUT2D eigenvalue weighted by molar-refractivity contribution is 0.598. The summed E-state index contributed by atoms with van der Waals surface area (Å²) in [7, 11) is 0. The van der Waals surface area contributed by atoms with Crippen LogP contribution in [0.2, 0.25) is 0 Å². The van der Waals surface area contributed by atoms with Crippen LogP contribution in [0.3, 0.4) is 0 Å². The van der Waals surface area contributed by atoms with Gasteiger partial charge in [0, 0.05) is 11.8 Å². The molecule has 1 aromatic carbocycles. The first-order valence-corrected chi connectivity index (χ1v) is 5.56. The quantitative estimate of drug-likeness (QED) is 0.790. The topological polar surface area (TPSA) is 25.8 Å². The number of hydrogen-bond acceptors (Lipinski definition) is 2. The summed E-state index contributed by atoms with van der Waals surface area (Å²) in [5.41, 5.74) is 0.787. The van der Waals surface area contributed by atoms with E-state index in [1.54, 1.807) is 18.3 Å². The second kappa shape index (κ2) is 5.14. The van der Waals surface area contributed by atoms with E-state index in [9.17, 15) is 8.78 Å². The lowest BCUT2D eigenvalue weighted by Gasteiger charge is -1.97. The summed E-state index contributed by atoms with van der Waals surface area (Å²) < 4.78 is 26.6. The predicted molar refractivity (Wildman–Crippen MR) is 65.0 cm³/mol. The SMILES string of the molecule is Fc1ccc(F)c(/C=C/c2ccnc(Br)n2)c1. The van der Waals surface area contributed by atoms with Crippen molar-refractivity contribution < 1.29 is 8.78 Å². The van der Waals surface area contributed by atoms with Crippen LogP contribution in [0.25, 0.3) is 12.2 Å². The van der Waals surface area contributed by atoms with Crippen LogP contribution in [-0.2, 0) is 0 Å². The molecule has 0 aliphatic heterocycles. The number of hydrogen-bond donors (Lipinski definition) is 0. The molecule has 0 fully saturated rings. The molecule has 2 aromatic rings. The fourth-order valence-corrected chi connectivity index (χ4v) is 1.58. The van der Waals surface area contributed by atoms with Crippen molar-refractivity contribution in [1.82, 2.24) is 9.97 Å². The van der Waals surface area contributed by atoms with Crippen LogP contribution in [0, 0.1) is 11.6 Å². The van der Waals surface area contributed by atoms with Gasteiger partial charge < -0.3 is 0 Å². The van der Waals surface area contributed by atoms with Crippen LogP contribution in [0.4, 0.5) is 8.78 Å². The molecule has 0 aliphatic rings. The van der Waals surface area contributed by atoms with Gasteiger partial charge in [-0.2, -0.15) is 0 Å². The maximum atomic E-state index is 13.3. The van der Waals surface area contributed by atoms with Crippen LogP contribution < -0.4 is 0 Å². The van der Waals surface area contributed by atoms with Crippen molar-refractivity contribution in [2.75, 3.05) is 0 Å². The normalized spacial score (nSPS) is 11.0. The summed E-state index contributed by atoms with van der Waals surface area (Å²) in [6, 6.07) is 4.96. The molecule has 1 heterocycles. The van der Waals surface area contributed by atoms with Crippen molar-refractivity contribution in [3.8, 4) is 0 Å². The molecular weight excluding hydrogens is 290 g/mol. The Balaban J connectivity index is 2.29. The molecule has 0 radical (unpaired) electrons. The molecule has 0 atom stereocenters. The van der Waals surface area contributed by atoms with E-state index >= 15 is 0 Å². The van der Waals surface area contributed by atoms with Crippen LogP contribution in [0.5, 0.6) is 0 Å². The van der Waals surface area contributed by atoms with Gasteiger partial charge in [-0.25, -0.2) is 18.7 Å². The monoisotopic (exact) mass is 296 g/mol. The van der Waals surface area contributed by atoms with Gasteiger partial charge in [-0.1, -0.05) is 0 Å². The van der Waals surface area contributed by atoms with Crippen molar-refractivity contribution in [2.45, 2.75) is 0 Å². The molecule has 0 spiro atoms. The zero-order valence-corrected chi connectivity index (χ0v) is 10.2. The zero-order chi connectivity index (χ0) is 12.3. The van der Waals surface area contributed by atoms with Crippen molar-refractivity contribution in [3.05, 3.63) is 58.1 Å². The van der Waals surface area contributed by atoms with Crippen LogP contribution in [0.15, 0.2) is 35.2 Å². The molecule has 17 heavy (non-hydrogen) atoms. The van der Waals surface area contributed by atoms with Crippen molar-refractivity contribution >= 4 is 28.1 Å². The van der Waals surface area contributed by atoms with Crippen molar-refractivity contribution in [2.24, 2.45) is 0 Å². The number of nitrogens with zero attached hydrogens (tertiary/aromatic N) is 2. The van der Waals surface area contributed by atoms with E-state index in [0.29, 0.717) is 10.4 Å². The molecule has 0 aliphatic carbocycles. The largest absolute Gasteiger partial charge is 0.231 e. The highest BCUT2D eigenvalue weighted by atomic mass is 79.9. The molecule has 5 heteroatoms. The molecule has 86 valence electrons. The molecule has 2 nitrogen and oxygen atoms in total. The Bertz CT molecular complexity index is 570. The fourth-order valence-electron chi connectivity index (χ4n) is 1.26. The molecule has 0 saturated carbocycles. The lowest BCUT2D eigenvalue weighted by atomic mass is 10.2. The second-order valence-corrected chi connectivity index (χ2v) is 3.96. The van der Waals surface area contributed by atoms with Gasteiger partial charge >= 0.3 is 0 Å². The van der Waals surface area contributed by atoms with Gasteiger partial charge in [-0.05, 0) is 52.3 Å². The minimum Gasteiger partial charge on any atom is -0.231 e. The minimum absolute atomic E-state index is 0.180. The van der Waals surface area contributed by atoms with E-state index in [0.717, 1.165) is 18.2 Å². The third-order valence-electron chi connectivity index (χ3n) is 2.04. The van der Waals surface area contributed by atoms with Crippen LogP contribution in [-0.4, -0.2) is 9.97 Å². The maximum absolute atomic E-state index is 13.3. The van der Waals surface area contributed by atoms with Gasteiger partial charge in [0.05, 0.1) is 5.69 Å². The highest BCUT2D eigenvalue weighted by molar-refractivity contribution is 9.10. The summed E-state index contributed by atoms with van der Waals surface area (Å²) in [5.74, 6) is -0.953. The molecule has 0 bridgehead atoms. The van der Waals surface area contributed by atoms with Gasteiger partial charge in [0.15, 0.2) is 4.73 Å². The first-order valence-electron chi connectivity index (χ1n) is 4.77. The summed E-state index contributed by atoms with van der Waals surface area (Å²) in [4.78, 5) is 7.91. The summed E-state index contributed by atoms with van der Waals surface area (Å²) in [6.45, 7) is 0. The Labute approximate surface area is 105 Å². The number of rotatable bonds is 2. The molecular formula is C12H7BrF2N2. The number of halogens is 3.